The Morgan fingerprint density at radius 2 is 1.76 bits per heavy atom. The molecule has 5 N–H and O–H groups in total. The lowest BCUT2D eigenvalue weighted by Gasteiger charge is -2.29. The molecule has 2 aromatic rings. The molecule has 2 aliphatic heterocycles. The van der Waals surface area contributed by atoms with Gasteiger partial charge in [-0.3, -0.25) is 24.1 Å². The van der Waals surface area contributed by atoms with E-state index in [0.717, 1.165) is 67.3 Å². The lowest BCUT2D eigenvalue weighted by molar-refractivity contribution is -0.128. The van der Waals surface area contributed by atoms with Gasteiger partial charge in [0.15, 0.2) is 0 Å². The minimum atomic E-state index is -0.625. The third-order valence-corrected chi connectivity index (χ3v) is 9.21. The van der Waals surface area contributed by atoms with Crippen molar-refractivity contribution in [2.24, 2.45) is 16.9 Å². The van der Waals surface area contributed by atoms with Gasteiger partial charge in [-0.15, -0.1) is 0 Å². The SMILES string of the molecule is C[C@@H](OCc1ccc(CCCC2(C(N)=O)CC2)cc1)[C@H](CCC(N)=O)NC(=O)[C@@H]1Cc2cccc3c2N1C(=O)CCC3. The molecule has 2 heterocycles. The van der Waals surface area contributed by atoms with Gasteiger partial charge < -0.3 is 21.5 Å². The van der Waals surface area contributed by atoms with Crippen LogP contribution < -0.4 is 21.7 Å². The van der Waals surface area contributed by atoms with Crippen LogP contribution >= 0.6 is 0 Å². The normalized spacial score (nSPS) is 19.9. The van der Waals surface area contributed by atoms with Crippen molar-refractivity contribution in [2.45, 2.75) is 102 Å². The smallest absolute Gasteiger partial charge is 0.243 e. The Labute approximate surface area is 247 Å². The average molecular weight is 575 g/mol. The van der Waals surface area contributed by atoms with Gasteiger partial charge in [-0.25, -0.2) is 0 Å². The Morgan fingerprint density at radius 1 is 1.05 bits per heavy atom. The van der Waals surface area contributed by atoms with E-state index in [1.54, 1.807) is 4.90 Å². The lowest BCUT2D eigenvalue weighted by Crippen LogP contribution is -2.53. The molecule has 1 aliphatic carbocycles. The van der Waals surface area contributed by atoms with Crippen molar-refractivity contribution in [3.63, 3.8) is 0 Å². The minimum absolute atomic E-state index is 0.0276. The van der Waals surface area contributed by atoms with Crippen LogP contribution in [0.5, 0.6) is 0 Å². The first-order valence-corrected chi connectivity index (χ1v) is 15.2. The molecule has 3 atom stereocenters. The Balaban J connectivity index is 1.18. The standard InChI is InChI=1S/C33H42N4O5/c1-21(42-20-23-12-10-22(11-13-23)5-4-16-33(17-18-33)32(35)41)26(14-15-28(34)38)36-31(40)27-19-25-8-2-6-24-7-3-9-29(39)37(27)30(24)25/h2,6,8,10-13,21,26-27H,3-5,7,9,14-20H2,1H3,(H2,34,38)(H2,35,41)(H,36,40)/t21-,26+,27+/m1/s1. The number of nitrogens with zero attached hydrogens (tertiary/aromatic N) is 1. The summed E-state index contributed by atoms with van der Waals surface area (Å²) >= 11 is 0. The lowest BCUT2D eigenvalue weighted by atomic mass is 9.96. The molecule has 9 nitrogen and oxygen atoms in total. The third kappa shape index (κ3) is 6.67. The van der Waals surface area contributed by atoms with Crippen molar-refractivity contribution < 1.29 is 23.9 Å². The molecule has 4 amide bonds. The second-order valence-electron chi connectivity index (χ2n) is 12.2. The molecular weight excluding hydrogens is 532 g/mol. The van der Waals surface area contributed by atoms with Gasteiger partial charge in [0.2, 0.25) is 23.6 Å². The molecular formula is C33H42N4O5. The van der Waals surface area contributed by atoms with Gasteiger partial charge in [-0.1, -0.05) is 42.5 Å². The topological polar surface area (TPSA) is 145 Å². The zero-order valence-corrected chi connectivity index (χ0v) is 24.4. The van der Waals surface area contributed by atoms with Gasteiger partial charge in [-0.2, -0.15) is 0 Å². The highest BCUT2D eigenvalue weighted by Crippen LogP contribution is 2.49. The molecule has 9 heteroatoms. The van der Waals surface area contributed by atoms with Gasteiger partial charge in [0, 0.05) is 24.7 Å². The van der Waals surface area contributed by atoms with Gasteiger partial charge in [0.05, 0.1) is 24.4 Å². The largest absolute Gasteiger partial charge is 0.372 e. The average Bonchev–Trinajstić information content (AvgIpc) is 3.69. The maximum atomic E-state index is 13.6. The number of benzene rings is 2. The first kappa shape index (κ1) is 29.8. The number of carbonyl (C=O) groups is 4. The molecule has 1 saturated carbocycles. The van der Waals surface area contributed by atoms with E-state index in [1.807, 2.05) is 37.3 Å². The van der Waals surface area contributed by atoms with Crippen LogP contribution in [0.15, 0.2) is 42.5 Å². The first-order chi connectivity index (χ1) is 20.2. The molecule has 0 spiro atoms. The number of hydrogen-bond acceptors (Lipinski definition) is 5. The Bertz CT molecular complexity index is 1340. The van der Waals surface area contributed by atoms with E-state index < -0.39 is 24.1 Å². The number of anilines is 1. The first-order valence-electron chi connectivity index (χ1n) is 15.2. The number of para-hydroxylation sites is 1. The summed E-state index contributed by atoms with van der Waals surface area (Å²) < 4.78 is 6.17. The van der Waals surface area contributed by atoms with Crippen molar-refractivity contribution in [2.75, 3.05) is 4.90 Å². The fourth-order valence-electron chi connectivity index (χ4n) is 6.38. The highest BCUT2D eigenvalue weighted by atomic mass is 16.5. The van der Waals surface area contributed by atoms with E-state index in [0.29, 0.717) is 25.9 Å². The van der Waals surface area contributed by atoms with Crippen LogP contribution in [-0.4, -0.2) is 41.8 Å². The molecule has 0 aromatic heterocycles. The number of primary amides is 2. The van der Waals surface area contributed by atoms with Crippen molar-refractivity contribution in [1.82, 2.24) is 5.32 Å². The fraction of sp³-hybridized carbons (Fsp3) is 0.515. The van der Waals surface area contributed by atoms with Crippen molar-refractivity contribution in [1.29, 1.82) is 0 Å². The van der Waals surface area contributed by atoms with Crippen molar-refractivity contribution in [3.8, 4) is 0 Å². The molecule has 0 saturated heterocycles. The second kappa shape index (κ2) is 12.7. The van der Waals surface area contributed by atoms with E-state index in [2.05, 4.69) is 17.4 Å². The summed E-state index contributed by atoms with van der Waals surface area (Å²) in [4.78, 5) is 51.6. The quantitative estimate of drug-likeness (QED) is 0.317. The number of amides is 4. The summed E-state index contributed by atoms with van der Waals surface area (Å²) in [5.41, 5.74) is 15.9. The predicted octanol–water partition coefficient (Wildman–Crippen LogP) is 3.22. The molecule has 0 radical (unpaired) electrons. The summed E-state index contributed by atoms with van der Waals surface area (Å²) in [5.74, 6) is -0.889. The number of aryl methyl sites for hydroxylation is 2. The maximum Gasteiger partial charge on any atom is 0.243 e. The number of nitrogens with one attached hydrogen (secondary N) is 1. The van der Waals surface area contributed by atoms with Gasteiger partial charge in [-0.05, 0) is 80.5 Å². The summed E-state index contributed by atoms with van der Waals surface area (Å²) in [7, 11) is 0. The second-order valence-corrected chi connectivity index (χ2v) is 12.2. The number of hydrogen-bond donors (Lipinski definition) is 3. The predicted molar refractivity (Wildman–Crippen MR) is 159 cm³/mol. The molecule has 0 unspecified atom stereocenters. The molecule has 2 aromatic carbocycles. The van der Waals surface area contributed by atoms with Gasteiger partial charge >= 0.3 is 0 Å². The van der Waals surface area contributed by atoms with Crippen LogP contribution in [0.3, 0.4) is 0 Å². The van der Waals surface area contributed by atoms with Gasteiger partial charge in [0.1, 0.15) is 6.04 Å². The van der Waals surface area contributed by atoms with E-state index in [-0.39, 0.29) is 29.6 Å². The van der Waals surface area contributed by atoms with Gasteiger partial charge in [0.25, 0.3) is 0 Å². The monoisotopic (exact) mass is 574 g/mol. The van der Waals surface area contributed by atoms with Crippen molar-refractivity contribution in [3.05, 3.63) is 64.7 Å². The molecule has 224 valence electrons. The highest BCUT2D eigenvalue weighted by Gasteiger charge is 2.47. The van der Waals surface area contributed by atoms with E-state index in [1.165, 1.54) is 5.56 Å². The summed E-state index contributed by atoms with van der Waals surface area (Å²) in [6.07, 6.45) is 6.99. The molecule has 1 fully saturated rings. The Morgan fingerprint density at radius 3 is 2.45 bits per heavy atom. The zero-order valence-electron chi connectivity index (χ0n) is 24.4. The van der Waals surface area contributed by atoms with E-state index in [9.17, 15) is 19.2 Å². The molecule has 0 bridgehead atoms. The van der Waals surface area contributed by atoms with Crippen LogP contribution in [0.1, 0.15) is 80.5 Å². The molecule has 3 aliphatic rings. The molecule has 5 rings (SSSR count). The zero-order chi connectivity index (χ0) is 29.9. The summed E-state index contributed by atoms with van der Waals surface area (Å²) in [6.45, 7) is 2.23. The highest BCUT2D eigenvalue weighted by molar-refractivity contribution is 6.04. The summed E-state index contributed by atoms with van der Waals surface area (Å²) in [6, 6.07) is 13.1. The molecule has 42 heavy (non-hydrogen) atoms. The van der Waals surface area contributed by atoms with Crippen LogP contribution in [0.2, 0.25) is 0 Å². The number of nitrogens with two attached hydrogens (primary N) is 2. The fourth-order valence-corrected chi connectivity index (χ4v) is 6.38. The van der Waals surface area contributed by atoms with Crippen LogP contribution in [0.25, 0.3) is 0 Å². The van der Waals surface area contributed by atoms with E-state index in [4.69, 9.17) is 16.2 Å². The minimum Gasteiger partial charge on any atom is -0.372 e. The van der Waals surface area contributed by atoms with Crippen molar-refractivity contribution >= 4 is 29.3 Å². The van der Waals surface area contributed by atoms with Crippen LogP contribution in [-0.2, 0) is 49.8 Å². The third-order valence-electron chi connectivity index (χ3n) is 9.21. The Hall–Kier alpha value is -3.72. The summed E-state index contributed by atoms with van der Waals surface area (Å²) in [5, 5.41) is 3.09. The number of rotatable bonds is 14. The van der Waals surface area contributed by atoms with Crippen LogP contribution in [0, 0.1) is 5.41 Å². The maximum absolute atomic E-state index is 13.6. The van der Waals surface area contributed by atoms with Crippen LogP contribution in [0.4, 0.5) is 5.69 Å². The van der Waals surface area contributed by atoms with E-state index >= 15 is 0 Å². The number of carbonyl (C=O) groups excluding carboxylic acids is 4. The Kier molecular flexibility index (Phi) is 8.96. The number of ether oxygens (including phenoxy) is 1.